The van der Waals surface area contributed by atoms with Gasteiger partial charge in [-0.3, -0.25) is 9.05 Å². The summed E-state index contributed by atoms with van der Waals surface area (Å²) in [5, 5.41) is 9.46. The topological polar surface area (TPSA) is 94.5 Å². The molecule has 9 heteroatoms. The van der Waals surface area contributed by atoms with Crippen LogP contribution in [0.4, 0.5) is 0 Å². The molecule has 0 saturated carbocycles. The van der Waals surface area contributed by atoms with E-state index in [1.165, 1.54) is 7.11 Å². The molecule has 0 aromatic carbocycles. The number of phosphoric acid groups is 1. The summed E-state index contributed by atoms with van der Waals surface area (Å²) in [5.74, 6) is 0. The molecule has 0 aliphatic carbocycles. The first-order chi connectivity index (χ1) is 7.34. The van der Waals surface area contributed by atoms with E-state index in [1.54, 1.807) is 0 Å². The molecule has 16 heavy (non-hydrogen) atoms. The Hall–Kier alpha value is 0.0549. The summed E-state index contributed by atoms with van der Waals surface area (Å²) in [5.41, 5.74) is -1.47. The lowest BCUT2D eigenvalue weighted by molar-refractivity contribution is -0.0562. The number of hydrogen-bond acceptors (Lipinski definition) is 6. The van der Waals surface area contributed by atoms with Gasteiger partial charge in [0, 0.05) is 14.2 Å². The van der Waals surface area contributed by atoms with Crippen molar-refractivity contribution in [3.05, 3.63) is 0 Å². The fraction of sp³-hybridized carbons (Fsp3) is 1.00. The minimum atomic E-state index is -4.12. The van der Waals surface area contributed by atoms with Crippen molar-refractivity contribution in [2.45, 2.75) is 17.7 Å². The maximum atomic E-state index is 11.1. The van der Waals surface area contributed by atoms with Gasteiger partial charge >= 0.3 is 7.82 Å². The number of aliphatic hydroxyl groups is 1. The average molecular weight is 252 g/mol. The Morgan fingerprint density at radius 3 is 2.75 bits per heavy atom. The molecule has 1 aliphatic heterocycles. The second kappa shape index (κ2) is 5.14. The van der Waals surface area contributed by atoms with Gasteiger partial charge in [0.05, 0.1) is 18.7 Å². The highest BCUT2D eigenvalue weighted by Gasteiger charge is 2.47. The molecule has 2 radical (unpaired) electrons. The van der Waals surface area contributed by atoms with Crippen LogP contribution in [-0.4, -0.2) is 63.0 Å². The molecular weight excluding hydrogens is 238 g/mol. The third-order valence-electron chi connectivity index (χ3n) is 2.29. The van der Waals surface area contributed by atoms with E-state index in [0.717, 1.165) is 7.11 Å². The normalized spacial score (nSPS) is 38.5. The van der Waals surface area contributed by atoms with E-state index in [2.05, 4.69) is 9.05 Å². The Labute approximate surface area is 94.7 Å². The highest BCUT2D eigenvalue weighted by atomic mass is 31.2. The van der Waals surface area contributed by atoms with Crippen molar-refractivity contribution in [3.8, 4) is 0 Å². The summed E-state index contributed by atoms with van der Waals surface area (Å²) in [6.07, 6.45) is -1.73. The molecule has 0 aromatic rings. The third kappa shape index (κ3) is 3.04. The Bertz CT molecular complexity index is 288. The maximum Gasteiger partial charge on any atom is 0.471 e. The fourth-order valence-corrected chi connectivity index (χ4v) is 1.92. The van der Waals surface area contributed by atoms with Crippen LogP contribution in [0.25, 0.3) is 0 Å². The first-order valence-electron chi connectivity index (χ1n) is 4.51. The van der Waals surface area contributed by atoms with Crippen molar-refractivity contribution in [3.63, 3.8) is 0 Å². The van der Waals surface area contributed by atoms with Gasteiger partial charge in [0.1, 0.15) is 20.1 Å². The smallest absolute Gasteiger partial charge is 0.388 e. The molecule has 0 spiro atoms. The van der Waals surface area contributed by atoms with Crippen LogP contribution in [0.2, 0.25) is 0 Å². The number of hydrogen-bond donors (Lipinski definition) is 2. The van der Waals surface area contributed by atoms with Crippen LogP contribution >= 0.6 is 7.82 Å². The standard InChI is InChI=1S/C7H14BO7P/c1-12-6-5(9)3-14-7(6,8)4-15-16(10,11)13-2/h5-6,9H,3-4H2,1-2H3,(H,10,11)/t5-,6-,7-/m0/s1. The van der Waals surface area contributed by atoms with Crippen LogP contribution in [-0.2, 0) is 23.1 Å². The van der Waals surface area contributed by atoms with Crippen LogP contribution in [0, 0.1) is 0 Å². The molecule has 1 aliphatic rings. The molecule has 1 fully saturated rings. The van der Waals surface area contributed by atoms with Crippen molar-refractivity contribution in [2.24, 2.45) is 0 Å². The molecule has 7 nitrogen and oxygen atoms in total. The number of ether oxygens (including phenoxy) is 2. The summed E-state index contributed by atoms with van der Waals surface area (Å²) in [4.78, 5) is 9.02. The molecule has 92 valence electrons. The van der Waals surface area contributed by atoms with E-state index in [0.29, 0.717) is 0 Å². The van der Waals surface area contributed by atoms with Gasteiger partial charge in [-0.2, -0.15) is 0 Å². The van der Waals surface area contributed by atoms with E-state index in [-0.39, 0.29) is 6.61 Å². The molecule has 1 rings (SSSR count). The van der Waals surface area contributed by atoms with Gasteiger partial charge in [0.15, 0.2) is 0 Å². The summed E-state index contributed by atoms with van der Waals surface area (Å²) < 4.78 is 29.9. The third-order valence-corrected chi connectivity index (χ3v) is 3.21. The van der Waals surface area contributed by atoms with Crippen LogP contribution in [0.3, 0.4) is 0 Å². The highest BCUT2D eigenvalue weighted by molar-refractivity contribution is 7.47. The van der Waals surface area contributed by atoms with Crippen LogP contribution in [0.5, 0.6) is 0 Å². The minimum Gasteiger partial charge on any atom is -0.388 e. The molecule has 0 bridgehead atoms. The van der Waals surface area contributed by atoms with Gasteiger partial charge < -0.3 is 19.5 Å². The molecule has 0 aromatic heterocycles. The minimum absolute atomic E-state index is 0.0267. The molecule has 0 amide bonds. The van der Waals surface area contributed by atoms with Gasteiger partial charge in [-0.15, -0.1) is 0 Å². The van der Waals surface area contributed by atoms with E-state index in [4.69, 9.17) is 22.2 Å². The molecule has 2 N–H and O–H groups in total. The largest absolute Gasteiger partial charge is 0.471 e. The van der Waals surface area contributed by atoms with Crippen molar-refractivity contribution in [1.82, 2.24) is 0 Å². The lowest BCUT2D eigenvalue weighted by atomic mass is 9.77. The Kier molecular flexibility index (Phi) is 4.53. The van der Waals surface area contributed by atoms with Gasteiger partial charge in [-0.25, -0.2) is 4.57 Å². The highest BCUT2D eigenvalue weighted by Crippen LogP contribution is 2.43. The number of phosphoric ester groups is 1. The summed E-state index contributed by atoms with van der Waals surface area (Å²) in [7, 11) is 4.00. The zero-order chi connectivity index (χ0) is 12.4. The molecular formula is C7H14BO7P. The van der Waals surface area contributed by atoms with Crippen molar-refractivity contribution < 1.29 is 33.1 Å². The second-order valence-electron chi connectivity index (χ2n) is 3.41. The van der Waals surface area contributed by atoms with Gasteiger partial charge in [-0.1, -0.05) is 0 Å². The van der Waals surface area contributed by atoms with Crippen molar-refractivity contribution in [1.29, 1.82) is 0 Å². The van der Waals surface area contributed by atoms with Crippen LogP contribution in [0.1, 0.15) is 0 Å². The van der Waals surface area contributed by atoms with Crippen molar-refractivity contribution in [2.75, 3.05) is 27.4 Å². The zero-order valence-electron chi connectivity index (χ0n) is 9.03. The van der Waals surface area contributed by atoms with Gasteiger partial charge in [0.25, 0.3) is 0 Å². The van der Waals surface area contributed by atoms with Gasteiger partial charge in [-0.05, 0) is 0 Å². The summed E-state index contributed by atoms with van der Waals surface area (Å²) >= 11 is 0. The predicted molar refractivity (Wildman–Crippen MR) is 54.0 cm³/mol. The van der Waals surface area contributed by atoms with E-state index < -0.39 is 32.1 Å². The Morgan fingerprint density at radius 2 is 2.25 bits per heavy atom. The monoisotopic (exact) mass is 252 g/mol. The zero-order valence-corrected chi connectivity index (χ0v) is 9.92. The molecule has 4 atom stereocenters. The Morgan fingerprint density at radius 1 is 1.62 bits per heavy atom. The molecule has 1 heterocycles. The lowest BCUT2D eigenvalue weighted by Crippen LogP contribution is -2.48. The fourth-order valence-electron chi connectivity index (χ4n) is 1.45. The first-order valence-corrected chi connectivity index (χ1v) is 6.01. The number of rotatable bonds is 5. The van der Waals surface area contributed by atoms with Gasteiger partial charge in [0.2, 0.25) is 0 Å². The second-order valence-corrected chi connectivity index (χ2v) is 4.97. The summed E-state index contributed by atoms with van der Waals surface area (Å²) in [6, 6.07) is 0. The van der Waals surface area contributed by atoms with E-state index in [1.807, 2.05) is 0 Å². The van der Waals surface area contributed by atoms with E-state index in [9.17, 15) is 9.67 Å². The first kappa shape index (κ1) is 14.1. The quantitative estimate of drug-likeness (QED) is 0.479. The SMILES string of the molecule is [B][C@@]1(COP(=O)(O)OC)OC[C@H](O)[C@@H]1OC. The Balaban J connectivity index is 2.62. The molecule has 1 unspecified atom stereocenters. The lowest BCUT2D eigenvalue weighted by Gasteiger charge is -2.30. The van der Waals surface area contributed by atoms with Crippen LogP contribution < -0.4 is 0 Å². The number of methoxy groups -OCH3 is 1. The van der Waals surface area contributed by atoms with E-state index >= 15 is 0 Å². The maximum absolute atomic E-state index is 11.1. The number of aliphatic hydroxyl groups excluding tert-OH is 1. The summed E-state index contributed by atoms with van der Waals surface area (Å²) in [6.45, 7) is -0.453. The van der Waals surface area contributed by atoms with Crippen LogP contribution in [0.15, 0.2) is 0 Å². The predicted octanol–water partition coefficient (Wildman–Crippen LogP) is -0.979. The average Bonchev–Trinajstić information content (AvgIpc) is 2.53. The molecule has 1 saturated heterocycles. The van der Waals surface area contributed by atoms with Crippen molar-refractivity contribution >= 4 is 15.7 Å².